The highest BCUT2D eigenvalue weighted by Crippen LogP contribution is 2.29. The van der Waals surface area contributed by atoms with Gasteiger partial charge in [-0.25, -0.2) is 14.6 Å². The number of nitrogens with zero attached hydrogens (tertiary/aromatic N) is 4. The largest absolute Gasteiger partial charge is 0.419 e. The fourth-order valence-electron chi connectivity index (χ4n) is 1.24. The molecule has 2 aromatic rings. The van der Waals surface area contributed by atoms with Crippen LogP contribution in [0.5, 0.6) is 0 Å². The van der Waals surface area contributed by atoms with Gasteiger partial charge in [0.25, 0.3) is 0 Å². The molecule has 0 N–H and O–H groups in total. The SMILES string of the molecule is Cc1c(Cl)ncnc1-n1cc(C(F)(F)F)cn1. The third kappa shape index (κ3) is 2.23. The topological polar surface area (TPSA) is 43.6 Å². The smallest absolute Gasteiger partial charge is 0.224 e. The van der Waals surface area contributed by atoms with Gasteiger partial charge in [0.1, 0.15) is 11.5 Å². The van der Waals surface area contributed by atoms with Gasteiger partial charge in [-0.1, -0.05) is 11.6 Å². The maximum absolute atomic E-state index is 12.4. The summed E-state index contributed by atoms with van der Waals surface area (Å²) < 4.78 is 38.2. The molecular formula is C9H6ClF3N4. The van der Waals surface area contributed by atoms with E-state index < -0.39 is 11.7 Å². The number of hydrogen-bond acceptors (Lipinski definition) is 3. The van der Waals surface area contributed by atoms with Crippen LogP contribution in [0.4, 0.5) is 13.2 Å². The Morgan fingerprint density at radius 1 is 1.29 bits per heavy atom. The lowest BCUT2D eigenvalue weighted by molar-refractivity contribution is -0.137. The molecule has 0 bridgehead atoms. The minimum atomic E-state index is -4.43. The van der Waals surface area contributed by atoms with Gasteiger partial charge in [-0.2, -0.15) is 18.3 Å². The Bertz CT molecular complexity index is 549. The molecule has 0 aliphatic rings. The van der Waals surface area contributed by atoms with Crippen molar-refractivity contribution >= 4 is 11.6 Å². The van der Waals surface area contributed by atoms with Gasteiger partial charge in [0.15, 0.2) is 5.82 Å². The molecule has 0 radical (unpaired) electrons. The fourth-order valence-corrected chi connectivity index (χ4v) is 1.36. The summed E-state index contributed by atoms with van der Waals surface area (Å²) in [5.41, 5.74) is -0.377. The summed E-state index contributed by atoms with van der Waals surface area (Å²) in [4.78, 5) is 7.55. The monoisotopic (exact) mass is 262 g/mol. The molecule has 0 saturated heterocycles. The third-order valence-corrected chi connectivity index (χ3v) is 2.50. The first-order valence-corrected chi connectivity index (χ1v) is 4.86. The van der Waals surface area contributed by atoms with Crippen LogP contribution >= 0.6 is 11.6 Å². The van der Waals surface area contributed by atoms with Crippen LogP contribution < -0.4 is 0 Å². The Morgan fingerprint density at radius 2 is 2.00 bits per heavy atom. The highest BCUT2D eigenvalue weighted by molar-refractivity contribution is 6.30. The second kappa shape index (κ2) is 3.99. The first-order chi connectivity index (χ1) is 7.89. The summed E-state index contributed by atoms with van der Waals surface area (Å²) in [5, 5.41) is 3.78. The normalized spacial score (nSPS) is 11.8. The zero-order chi connectivity index (χ0) is 12.6. The second-order valence-electron chi connectivity index (χ2n) is 3.28. The van der Waals surface area contributed by atoms with Crippen LogP contribution in [-0.4, -0.2) is 19.7 Å². The predicted molar refractivity (Wildman–Crippen MR) is 53.9 cm³/mol. The molecule has 0 aromatic carbocycles. The second-order valence-corrected chi connectivity index (χ2v) is 3.64. The lowest BCUT2D eigenvalue weighted by Gasteiger charge is -2.05. The molecule has 0 unspecified atom stereocenters. The Morgan fingerprint density at radius 3 is 2.59 bits per heavy atom. The molecule has 4 nitrogen and oxygen atoms in total. The molecular weight excluding hydrogens is 257 g/mol. The van der Waals surface area contributed by atoms with Gasteiger partial charge in [0.05, 0.1) is 11.8 Å². The molecule has 0 spiro atoms. The summed E-state index contributed by atoms with van der Waals surface area (Å²) in [7, 11) is 0. The van der Waals surface area contributed by atoms with Crippen molar-refractivity contribution in [2.45, 2.75) is 13.1 Å². The molecule has 8 heteroatoms. The quantitative estimate of drug-likeness (QED) is 0.742. The maximum atomic E-state index is 12.4. The highest BCUT2D eigenvalue weighted by atomic mass is 35.5. The van der Waals surface area contributed by atoms with E-state index in [1.807, 2.05) is 0 Å². The van der Waals surface area contributed by atoms with E-state index in [2.05, 4.69) is 15.1 Å². The van der Waals surface area contributed by atoms with E-state index in [0.717, 1.165) is 17.1 Å². The van der Waals surface area contributed by atoms with Crippen molar-refractivity contribution in [3.63, 3.8) is 0 Å². The molecule has 0 amide bonds. The number of hydrogen-bond donors (Lipinski definition) is 0. The van der Waals surface area contributed by atoms with Crippen molar-refractivity contribution in [1.82, 2.24) is 19.7 Å². The summed E-state index contributed by atoms with van der Waals surface area (Å²) in [6.07, 6.45) is -1.68. The van der Waals surface area contributed by atoms with E-state index in [1.54, 1.807) is 6.92 Å². The zero-order valence-corrected chi connectivity index (χ0v) is 9.29. The molecule has 0 aliphatic carbocycles. The van der Waals surface area contributed by atoms with Crippen LogP contribution in [0.1, 0.15) is 11.1 Å². The van der Waals surface area contributed by atoms with Crippen LogP contribution in [0, 0.1) is 6.92 Å². The number of aromatic nitrogens is 4. The Balaban J connectivity index is 2.48. The molecule has 2 aromatic heterocycles. The van der Waals surface area contributed by atoms with Gasteiger partial charge in [0.2, 0.25) is 0 Å². The lowest BCUT2D eigenvalue weighted by Crippen LogP contribution is -2.04. The highest BCUT2D eigenvalue weighted by Gasteiger charge is 2.32. The van der Waals surface area contributed by atoms with Gasteiger partial charge in [-0.05, 0) is 6.92 Å². The van der Waals surface area contributed by atoms with Crippen molar-refractivity contribution in [3.8, 4) is 5.82 Å². The van der Waals surface area contributed by atoms with Crippen LogP contribution in [0.15, 0.2) is 18.7 Å². The molecule has 0 aliphatic heterocycles. The van der Waals surface area contributed by atoms with Gasteiger partial charge in [-0.15, -0.1) is 0 Å². The van der Waals surface area contributed by atoms with E-state index in [0.29, 0.717) is 5.56 Å². The minimum Gasteiger partial charge on any atom is -0.224 e. The van der Waals surface area contributed by atoms with E-state index >= 15 is 0 Å². The van der Waals surface area contributed by atoms with E-state index in [9.17, 15) is 13.2 Å². The van der Waals surface area contributed by atoms with Crippen molar-refractivity contribution < 1.29 is 13.2 Å². The van der Waals surface area contributed by atoms with Crippen LogP contribution in [0.3, 0.4) is 0 Å². The van der Waals surface area contributed by atoms with Gasteiger partial charge in [0, 0.05) is 11.8 Å². The fraction of sp³-hybridized carbons (Fsp3) is 0.222. The average molecular weight is 263 g/mol. The molecule has 0 saturated carbocycles. The molecule has 17 heavy (non-hydrogen) atoms. The molecule has 2 heterocycles. The van der Waals surface area contributed by atoms with Crippen LogP contribution in [0.25, 0.3) is 5.82 Å². The average Bonchev–Trinajstić information content (AvgIpc) is 2.70. The minimum absolute atomic E-state index is 0.180. The number of rotatable bonds is 1. The van der Waals surface area contributed by atoms with Gasteiger partial charge in [-0.3, -0.25) is 0 Å². The third-order valence-electron chi connectivity index (χ3n) is 2.12. The number of halogens is 4. The Hall–Kier alpha value is -1.63. The summed E-state index contributed by atoms with van der Waals surface area (Å²) in [6.45, 7) is 1.60. The van der Waals surface area contributed by atoms with Crippen LogP contribution in [0.2, 0.25) is 5.15 Å². The zero-order valence-electron chi connectivity index (χ0n) is 8.53. The molecule has 0 atom stereocenters. The lowest BCUT2D eigenvalue weighted by atomic mass is 10.3. The Labute approximate surface area is 99.1 Å². The predicted octanol–water partition coefficient (Wildman–Crippen LogP) is 2.64. The summed E-state index contributed by atoms with van der Waals surface area (Å²) in [5.74, 6) is 0.223. The molecule has 2 rings (SSSR count). The Kier molecular flexibility index (Phi) is 2.78. The maximum Gasteiger partial charge on any atom is 0.419 e. The van der Waals surface area contributed by atoms with Crippen molar-refractivity contribution in [3.05, 3.63) is 35.0 Å². The van der Waals surface area contributed by atoms with Crippen LogP contribution in [-0.2, 0) is 6.18 Å². The molecule has 90 valence electrons. The summed E-state index contributed by atoms with van der Waals surface area (Å²) >= 11 is 5.75. The first kappa shape index (κ1) is 11.8. The summed E-state index contributed by atoms with van der Waals surface area (Å²) in [6, 6.07) is 0. The van der Waals surface area contributed by atoms with Gasteiger partial charge < -0.3 is 0 Å². The van der Waals surface area contributed by atoms with E-state index in [1.165, 1.54) is 6.33 Å². The standard InChI is InChI=1S/C9H6ClF3N4/c1-5-7(10)14-4-15-8(5)17-3-6(2-16-17)9(11,12)13/h2-4H,1H3. The molecule has 0 fully saturated rings. The first-order valence-electron chi connectivity index (χ1n) is 4.49. The van der Waals surface area contributed by atoms with Crippen molar-refractivity contribution in [2.75, 3.05) is 0 Å². The van der Waals surface area contributed by atoms with E-state index in [4.69, 9.17) is 11.6 Å². The van der Waals surface area contributed by atoms with Crippen molar-refractivity contribution in [1.29, 1.82) is 0 Å². The number of alkyl halides is 3. The van der Waals surface area contributed by atoms with Gasteiger partial charge >= 0.3 is 6.18 Å². The van der Waals surface area contributed by atoms with E-state index in [-0.39, 0.29) is 11.0 Å². The van der Waals surface area contributed by atoms with Crippen molar-refractivity contribution in [2.24, 2.45) is 0 Å².